The minimum Gasteiger partial charge on any atom is -0.350 e. The van der Waals surface area contributed by atoms with Gasteiger partial charge in [-0.2, -0.15) is 0 Å². The van der Waals surface area contributed by atoms with Gasteiger partial charge in [-0.25, -0.2) is 4.79 Å². The number of hydrogen-bond acceptors (Lipinski definition) is 3. The second-order valence-electron chi connectivity index (χ2n) is 6.72. The van der Waals surface area contributed by atoms with Crippen LogP contribution >= 0.6 is 11.6 Å². The first-order valence-corrected chi connectivity index (χ1v) is 7.62. The first kappa shape index (κ1) is 17.3. The molecule has 0 saturated carbocycles. The Kier molecular flexibility index (Phi) is 4.39. The number of rotatable bonds is 3. The Labute approximate surface area is 140 Å². The molecule has 2 rings (SSSR count). The van der Waals surface area contributed by atoms with Gasteiger partial charge < -0.3 is 10.6 Å². The summed E-state index contributed by atoms with van der Waals surface area (Å²) >= 11 is 6.15. The molecule has 1 fully saturated rings. The summed E-state index contributed by atoms with van der Waals surface area (Å²) in [5, 5.41) is 5.73. The molecule has 1 heterocycles. The third-order valence-electron chi connectivity index (χ3n) is 3.50. The molecular weight excluding hydrogens is 318 g/mol. The standard InChI is InChI=1S/C16H20ClN3O3/c1-15(2,3)18-12(21)9-20-13(22)16(4,19-14(20)23)10-7-5-6-8-11(10)17/h5-8H,9H2,1-4H3,(H,18,21)(H,19,23)/t16-/m0/s1. The number of nitrogens with zero attached hydrogens (tertiary/aromatic N) is 1. The molecule has 4 amide bonds. The van der Waals surface area contributed by atoms with Gasteiger partial charge in [0.1, 0.15) is 12.1 Å². The molecule has 1 aromatic rings. The van der Waals surface area contributed by atoms with Crippen LogP contribution in [0.2, 0.25) is 5.02 Å². The molecule has 1 aromatic carbocycles. The molecule has 1 saturated heterocycles. The molecule has 0 bridgehead atoms. The molecule has 124 valence electrons. The van der Waals surface area contributed by atoms with E-state index in [4.69, 9.17) is 11.6 Å². The van der Waals surface area contributed by atoms with Crippen molar-refractivity contribution in [3.05, 3.63) is 34.9 Å². The second-order valence-corrected chi connectivity index (χ2v) is 7.13. The number of benzene rings is 1. The van der Waals surface area contributed by atoms with Crippen molar-refractivity contribution in [3.63, 3.8) is 0 Å². The lowest BCUT2D eigenvalue weighted by molar-refractivity contribution is -0.135. The first-order chi connectivity index (χ1) is 10.5. The number of nitrogens with one attached hydrogen (secondary N) is 2. The highest BCUT2D eigenvalue weighted by molar-refractivity contribution is 6.32. The van der Waals surface area contributed by atoms with Crippen molar-refractivity contribution in [2.24, 2.45) is 0 Å². The van der Waals surface area contributed by atoms with Crippen molar-refractivity contribution in [1.82, 2.24) is 15.5 Å². The summed E-state index contributed by atoms with van der Waals surface area (Å²) in [5.74, 6) is -0.899. The van der Waals surface area contributed by atoms with Crippen LogP contribution in [0.4, 0.5) is 4.79 Å². The van der Waals surface area contributed by atoms with E-state index in [1.165, 1.54) is 0 Å². The largest absolute Gasteiger partial charge is 0.350 e. The third kappa shape index (κ3) is 3.47. The van der Waals surface area contributed by atoms with Crippen LogP contribution in [0.1, 0.15) is 33.3 Å². The SMILES string of the molecule is CC(C)(C)NC(=O)CN1C(=O)N[C@@](C)(c2ccccc2Cl)C1=O. The average Bonchev–Trinajstić information content (AvgIpc) is 2.61. The number of amides is 4. The number of urea groups is 1. The predicted molar refractivity (Wildman–Crippen MR) is 86.9 cm³/mol. The fourth-order valence-electron chi connectivity index (χ4n) is 2.49. The van der Waals surface area contributed by atoms with E-state index in [0.717, 1.165) is 4.90 Å². The summed E-state index contributed by atoms with van der Waals surface area (Å²) in [7, 11) is 0. The summed E-state index contributed by atoms with van der Waals surface area (Å²) in [4.78, 5) is 37.8. The van der Waals surface area contributed by atoms with E-state index in [-0.39, 0.29) is 6.54 Å². The molecular formula is C16H20ClN3O3. The summed E-state index contributed by atoms with van der Waals surface area (Å²) in [6.45, 7) is 6.72. The van der Waals surface area contributed by atoms with E-state index < -0.39 is 28.9 Å². The smallest absolute Gasteiger partial charge is 0.325 e. The van der Waals surface area contributed by atoms with Gasteiger partial charge in [-0.05, 0) is 33.8 Å². The minimum atomic E-state index is -1.28. The van der Waals surface area contributed by atoms with Gasteiger partial charge in [-0.3, -0.25) is 14.5 Å². The quantitative estimate of drug-likeness (QED) is 0.828. The summed E-state index contributed by atoms with van der Waals surface area (Å²) in [6.07, 6.45) is 0. The fourth-order valence-corrected chi connectivity index (χ4v) is 2.82. The van der Waals surface area contributed by atoms with Crippen LogP contribution in [0.25, 0.3) is 0 Å². The van der Waals surface area contributed by atoms with Gasteiger partial charge in [0, 0.05) is 16.1 Å². The van der Waals surface area contributed by atoms with Crippen LogP contribution in [0.5, 0.6) is 0 Å². The Hall–Kier alpha value is -2.08. The number of carbonyl (C=O) groups is 3. The number of imide groups is 1. The second kappa shape index (κ2) is 5.85. The van der Waals surface area contributed by atoms with Crippen molar-refractivity contribution in [3.8, 4) is 0 Å². The monoisotopic (exact) mass is 337 g/mol. The lowest BCUT2D eigenvalue weighted by atomic mass is 9.92. The molecule has 23 heavy (non-hydrogen) atoms. The maximum Gasteiger partial charge on any atom is 0.325 e. The number of carbonyl (C=O) groups excluding carboxylic acids is 3. The molecule has 1 atom stereocenters. The zero-order chi connectivity index (χ0) is 17.4. The third-order valence-corrected chi connectivity index (χ3v) is 3.83. The Morgan fingerprint density at radius 3 is 2.48 bits per heavy atom. The molecule has 0 aromatic heterocycles. The maximum absolute atomic E-state index is 12.7. The van der Waals surface area contributed by atoms with Gasteiger partial charge in [-0.1, -0.05) is 29.8 Å². The van der Waals surface area contributed by atoms with E-state index >= 15 is 0 Å². The Balaban J connectivity index is 2.24. The topological polar surface area (TPSA) is 78.5 Å². The molecule has 0 aliphatic carbocycles. The lowest BCUT2D eigenvalue weighted by Gasteiger charge is -2.24. The van der Waals surface area contributed by atoms with Gasteiger partial charge in [0.05, 0.1) is 0 Å². The van der Waals surface area contributed by atoms with E-state index in [2.05, 4.69) is 10.6 Å². The van der Waals surface area contributed by atoms with Crippen molar-refractivity contribution in [1.29, 1.82) is 0 Å². The highest BCUT2D eigenvalue weighted by Gasteiger charge is 2.50. The van der Waals surface area contributed by atoms with Crippen molar-refractivity contribution >= 4 is 29.4 Å². The van der Waals surface area contributed by atoms with Crippen LogP contribution in [-0.2, 0) is 15.1 Å². The van der Waals surface area contributed by atoms with Gasteiger partial charge in [0.2, 0.25) is 5.91 Å². The molecule has 0 radical (unpaired) electrons. The van der Waals surface area contributed by atoms with E-state index in [0.29, 0.717) is 10.6 Å². The molecule has 1 aliphatic heterocycles. The van der Waals surface area contributed by atoms with Crippen molar-refractivity contribution in [2.75, 3.05) is 6.54 Å². The fraction of sp³-hybridized carbons (Fsp3) is 0.438. The number of halogens is 1. The van der Waals surface area contributed by atoms with E-state index in [9.17, 15) is 14.4 Å². The van der Waals surface area contributed by atoms with Crippen molar-refractivity contribution < 1.29 is 14.4 Å². The highest BCUT2D eigenvalue weighted by atomic mass is 35.5. The maximum atomic E-state index is 12.7. The number of hydrogen-bond donors (Lipinski definition) is 2. The minimum absolute atomic E-state index is 0.331. The molecule has 6 nitrogen and oxygen atoms in total. The predicted octanol–water partition coefficient (Wildman–Crippen LogP) is 2.02. The van der Waals surface area contributed by atoms with Gasteiger partial charge in [0.15, 0.2) is 0 Å². The van der Waals surface area contributed by atoms with Gasteiger partial charge in [-0.15, -0.1) is 0 Å². The summed E-state index contributed by atoms with van der Waals surface area (Å²) in [5.41, 5.74) is -1.22. The molecule has 2 N–H and O–H groups in total. The van der Waals surface area contributed by atoms with E-state index in [1.807, 2.05) is 20.8 Å². The van der Waals surface area contributed by atoms with Gasteiger partial charge >= 0.3 is 6.03 Å². The molecule has 7 heteroatoms. The Morgan fingerprint density at radius 2 is 1.91 bits per heavy atom. The van der Waals surface area contributed by atoms with Crippen LogP contribution in [0.15, 0.2) is 24.3 Å². The first-order valence-electron chi connectivity index (χ1n) is 7.25. The molecule has 0 unspecified atom stereocenters. The average molecular weight is 338 g/mol. The van der Waals surface area contributed by atoms with Crippen LogP contribution in [0, 0.1) is 0 Å². The lowest BCUT2D eigenvalue weighted by Crippen LogP contribution is -2.48. The van der Waals surface area contributed by atoms with Crippen LogP contribution < -0.4 is 10.6 Å². The van der Waals surface area contributed by atoms with E-state index in [1.54, 1.807) is 31.2 Å². The normalized spacial score (nSPS) is 21.3. The zero-order valence-corrected chi connectivity index (χ0v) is 14.3. The molecule has 1 aliphatic rings. The summed E-state index contributed by atoms with van der Waals surface area (Å²) in [6, 6.07) is 6.20. The Bertz CT molecular complexity index is 669. The van der Waals surface area contributed by atoms with Crippen LogP contribution in [0.3, 0.4) is 0 Å². The van der Waals surface area contributed by atoms with Crippen LogP contribution in [-0.4, -0.2) is 34.8 Å². The highest BCUT2D eigenvalue weighted by Crippen LogP contribution is 2.33. The molecule has 0 spiro atoms. The van der Waals surface area contributed by atoms with Gasteiger partial charge in [0.25, 0.3) is 5.91 Å². The van der Waals surface area contributed by atoms with Crippen molar-refractivity contribution in [2.45, 2.75) is 38.8 Å². The summed E-state index contributed by atoms with van der Waals surface area (Å²) < 4.78 is 0. The Morgan fingerprint density at radius 1 is 1.30 bits per heavy atom. The zero-order valence-electron chi connectivity index (χ0n) is 13.6.